The van der Waals surface area contributed by atoms with E-state index in [4.69, 9.17) is 10.7 Å². The summed E-state index contributed by atoms with van der Waals surface area (Å²) in [5.74, 6) is 2.87. The van der Waals surface area contributed by atoms with Crippen LogP contribution in [0, 0.1) is 23.7 Å². The third kappa shape index (κ3) is 2.05. The molecule has 0 aromatic carbocycles. The SMILES string of the molecule is C=C(N1CCCC(C)C1)C12N=C(/C(=C/N)CC)C=C[C@@H]3CC1[C@@H]32. The molecule has 0 amide bonds. The number of allylic oxidation sites excluding steroid dienone is 3. The van der Waals surface area contributed by atoms with E-state index in [1.165, 1.54) is 25.0 Å². The van der Waals surface area contributed by atoms with Gasteiger partial charge in [0.15, 0.2) is 0 Å². The summed E-state index contributed by atoms with van der Waals surface area (Å²) in [5, 5.41) is 0. The summed E-state index contributed by atoms with van der Waals surface area (Å²) in [4.78, 5) is 7.82. The maximum Gasteiger partial charge on any atom is 0.107 e. The highest BCUT2D eigenvalue weighted by atomic mass is 15.2. The van der Waals surface area contributed by atoms with E-state index in [0.717, 1.165) is 36.7 Å². The second-order valence-electron chi connectivity index (χ2n) is 7.90. The fourth-order valence-corrected chi connectivity index (χ4v) is 5.20. The van der Waals surface area contributed by atoms with Gasteiger partial charge in [-0.1, -0.05) is 26.5 Å². The summed E-state index contributed by atoms with van der Waals surface area (Å²) in [6, 6.07) is 0. The molecule has 3 fully saturated rings. The first-order valence-electron chi connectivity index (χ1n) is 9.25. The Hall–Kier alpha value is -1.51. The van der Waals surface area contributed by atoms with Crippen LogP contribution >= 0.6 is 0 Å². The minimum absolute atomic E-state index is 0.0238. The van der Waals surface area contributed by atoms with Crippen molar-refractivity contribution in [2.45, 2.75) is 45.1 Å². The van der Waals surface area contributed by atoms with Crippen molar-refractivity contribution in [1.82, 2.24) is 4.90 Å². The molecule has 4 aliphatic rings. The van der Waals surface area contributed by atoms with Crippen LogP contribution < -0.4 is 5.73 Å². The number of fused-ring (bicyclic) bond motifs is 1. The van der Waals surface area contributed by atoms with Gasteiger partial charge in [0.2, 0.25) is 0 Å². The molecule has 5 atom stereocenters. The molecule has 1 saturated heterocycles. The Labute approximate surface area is 140 Å². The maximum absolute atomic E-state index is 5.84. The van der Waals surface area contributed by atoms with Crippen molar-refractivity contribution in [2.75, 3.05) is 13.1 Å². The van der Waals surface area contributed by atoms with E-state index in [0.29, 0.717) is 17.8 Å². The van der Waals surface area contributed by atoms with Gasteiger partial charge in [-0.3, -0.25) is 4.99 Å². The zero-order valence-electron chi connectivity index (χ0n) is 14.5. The van der Waals surface area contributed by atoms with Crippen LogP contribution in [0.5, 0.6) is 0 Å². The second kappa shape index (κ2) is 5.25. The summed E-state index contributed by atoms with van der Waals surface area (Å²) in [6.45, 7) is 11.4. The zero-order valence-corrected chi connectivity index (χ0v) is 14.5. The summed E-state index contributed by atoms with van der Waals surface area (Å²) in [6.07, 6.45) is 11.2. The normalized spacial score (nSPS) is 41.6. The molecule has 0 spiro atoms. The van der Waals surface area contributed by atoms with E-state index < -0.39 is 0 Å². The number of piperidine rings is 1. The van der Waals surface area contributed by atoms with Gasteiger partial charge in [0.25, 0.3) is 0 Å². The van der Waals surface area contributed by atoms with Gasteiger partial charge < -0.3 is 10.6 Å². The first-order valence-corrected chi connectivity index (χ1v) is 9.25. The van der Waals surface area contributed by atoms with Crippen LogP contribution in [0.2, 0.25) is 0 Å². The second-order valence-corrected chi connectivity index (χ2v) is 7.90. The van der Waals surface area contributed by atoms with E-state index in [1.807, 2.05) is 0 Å². The first kappa shape index (κ1) is 15.0. The van der Waals surface area contributed by atoms with Crippen molar-refractivity contribution < 1.29 is 0 Å². The highest BCUT2D eigenvalue weighted by Crippen LogP contribution is 2.73. The molecule has 3 nitrogen and oxygen atoms in total. The lowest BCUT2D eigenvalue weighted by molar-refractivity contribution is 0.214. The van der Waals surface area contributed by atoms with Crippen LogP contribution in [0.1, 0.15) is 39.5 Å². The number of hydrogen-bond acceptors (Lipinski definition) is 3. The lowest BCUT2D eigenvalue weighted by Gasteiger charge is -2.37. The summed E-state index contributed by atoms with van der Waals surface area (Å²) < 4.78 is 0. The Bertz CT molecular complexity index is 614. The highest BCUT2D eigenvalue weighted by Gasteiger charge is 2.76. The molecule has 2 N–H and O–H groups in total. The molecule has 2 aliphatic heterocycles. The summed E-state index contributed by atoms with van der Waals surface area (Å²) in [5.41, 5.74) is 9.36. The number of nitrogens with two attached hydrogens (primary N) is 1. The van der Waals surface area contributed by atoms with Gasteiger partial charge >= 0.3 is 0 Å². The van der Waals surface area contributed by atoms with Crippen LogP contribution in [0.25, 0.3) is 0 Å². The molecule has 0 aromatic heterocycles. The van der Waals surface area contributed by atoms with Gasteiger partial charge in [0.1, 0.15) is 5.54 Å². The van der Waals surface area contributed by atoms with Gasteiger partial charge in [-0.25, -0.2) is 0 Å². The maximum atomic E-state index is 5.84. The largest absolute Gasteiger partial charge is 0.404 e. The smallest absolute Gasteiger partial charge is 0.107 e. The highest BCUT2D eigenvalue weighted by molar-refractivity contribution is 6.09. The van der Waals surface area contributed by atoms with Crippen LogP contribution in [-0.2, 0) is 0 Å². The average molecular weight is 311 g/mol. The summed E-state index contributed by atoms with van der Waals surface area (Å²) in [7, 11) is 0. The van der Waals surface area contributed by atoms with Gasteiger partial charge in [-0.15, -0.1) is 0 Å². The van der Waals surface area contributed by atoms with Crippen molar-refractivity contribution >= 4 is 5.71 Å². The Kier molecular flexibility index (Phi) is 3.44. The Balaban J connectivity index is 1.66. The topological polar surface area (TPSA) is 41.6 Å². The molecule has 4 rings (SSSR count). The van der Waals surface area contributed by atoms with Gasteiger partial charge in [-0.2, -0.15) is 0 Å². The molecule has 0 aromatic rings. The van der Waals surface area contributed by atoms with E-state index >= 15 is 0 Å². The fourth-order valence-electron chi connectivity index (χ4n) is 5.20. The van der Waals surface area contributed by atoms with Crippen molar-refractivity contribution in [3.63, 3.8) is 0 Å². The van der Waals surface area contributed by atoms with E-state index in [-0.39, 0.29) is 5.54 Å². The molecular weight excluding hydrogens is 282 g/mol. The molecule has 2 heterocycles. The lowest BCUT2D eigenvalue weighted by Crippen LogP contribution is -2.38. The fraction of sp³-hybridized carbons (Fsp3) is 0.650. The van der Waals surface area contributed by atoms with Crippen LogP contribution in [0.4, 0.5) is 0 Å². The molecule has 0 radical (unpaired) electrons. The Morgan fingerprint density at radius 1 is 1.57 bits per heavy atom. The third-order valence-corrected chi connectivity index (χ3v) is 6.60. The van der Waals surface area contributed by atoms with Crippen molar-refractivity contribution in [2.24, 2.45) is 34.4 Å². The number of aliphatic imine (C=N–C) groups is 1. The molecule has 3 unspecified atom stereocenters. The molecule has 2 aliphatic carbocycles. The van der Waals surface area contributed by atoms with Gasteiger partial charge in [0, 0.05) is 24.7 Å². The lowest BCUT2D eigenvalue weighted by atomic mass is 9.85. The van der Waals surface area contributed by atoms with Gasteiger partial charge in [0.05, 0.1) is 5.71 Å². The summed E-state index contributed by atoms with van der Waals surface area (Å²) >= 11 is 0. The molecule has 23 heavy (non-hydrogen) atoms. The van der Waals surface area contributed by atoms with Crippen LogP contribution in [0.15, 0.2) is 41.2 Å². The minimum Gasteiger partial charge on any atom is -0.404 e. The quantitative estimate of drug-likeness (QED) is 0.863. The van der Waals surface area contributed by atoms with Crippen molar-refractivity contribution in [1.29, 1.82) is 0 Å². The predicted octanol–water partition coefficient (Wildman–Crippen LogP) is 3.50. The molecule has 0 bridgehead atoms. The van der Waals surface area contributed by atoms with Crippen LogP contribution in [-0.4, -0.2) is 29.2 Å². The monoisotopic (exact) mass is 311 g/mol. The van der Waals surface area contributed by atoms with Crippen LogP contribution in [0.3, 0.4) is 0 Å². The Morgan fingerprint density at radius 3 is 3.09 bits per heavy atom. The van der Waals surface area contributed by atoms with Crippen molar-refractivity contribution in [3.8, 4) is 0 Å². The number of hydrogen-bond donors (Lipinski definition) is 1. The number of rotatable bonds is 4. The average Bonchev–Trinajstić information content (AvgIpc) is 3.07. The molecule has 2 saturated carbocycles. The standard InChI is InChI=1S/C20H29N3/c1-4-15(11-21)18-8-7-16-10-17-19(16)20(17,22-18)14(3)23-9-5-6-13(2)12-23/h7-8,11,13,16-17,19H,3-6,9-10,12,21H2,1-2H3/b15-11+/t13?,16-,17?,19-,20?/m1/s1. The first-order chi connectivity index (χ1) is 11.1. The number of likely N-dealkylation sites (tertiary alicyclic amines) is 1. The van der Waals surface area contributed by atoms with E-state index in [9.17, 15) is 0 Å². The third-order valence-electron chi connectivity index (χ3n) is 6.60. The minimum atomic E-state index is -0.0238. The van der Waals surface area contributed by atoms with E-state index in [2.05, 4.69) is 37.5 Å². The van der Waals surface area contributed by atoms with E-state index in [1.54, 1.807) is 6.20 Å². The number of nitrogens with zero attached hydrogens (tertiary/aromatic N) is 2. The van der Waals surface area contributed by atoms with Crippen molar-refractivity contribution in [3.05, 3.63) is 36.2 Å². The Morgan fingerprint density at radius 2 is 2.39 bits per heavy atom. The molecule has 124 valence electrons. The zero-order chi connectivity index (χ0) is 16.2. The molecular formula is C20H29N3. The predicted molar refractivity (Wildman–Crippen MR) is 96.1 cm³/mol. The molecule has 3 heteroatoms. The van der Waals surface area contributed by atoms with Gasteiger partial charge in [-0.05, 0) is 61.3 Å².